The van der Waals surface area contributed by atoms with Crippen LogP contribution >= 0.6 is 0 Å². The van der Waals surface area contributed by atoms with Crippen LogP contribution in [0.4, 0.5) is 0 Å². The number of Topliss-reactive ketones (excluding diaryl/α,β-unsaturated/α-hetero) is 1. The highest BCUT2D eigenvalue weighted by Gasteiger charge is 2.71. The monoisotopic (exact) mass is 472 g/mol. The maximum Gasteiger partial charge on any atom is 0.141 e. The van der Waals surface area contributed by atoms with E-state index < -0.39 is 5.41 Å². The highest BCUT2D eigenvalue weighted by molar-refractivity contribution is 5.86. The average Bonchev–Trinajstić information content (AvgIpc) is 3.22. The molecule has 5 rings (SSSR count). The maximum absolute atomic E-state index is 13.0. The summed E-state index contributed by atoms with van der Waals surface area (Å²) in [5, 5.41) is 31.0. The summed E-state index contributed by atoms with van der Waals surface area (Å²) in [5.41, 5.74) is 0.818. The van der Waals surface area contributed by atoms with Crippen LogP contribution < -0.4 is 0 Å². The van der Waals surface area contributed by atoms with Crippen molar-refractivity contribution in [3.8, 4) is 0 Å². The van der Waals surface area contributed by atoms with Gasteiger partial charge in [-0.3, -0.25) is 4.79 Å². The van der Waals surface area contributed by atoms with E-state index in [1.165, 1.54) is 12.8 Å². The minimum atomic E-state index is -0.597. The summed E-state index contributed by atoms with van der Waals surface area (Å²) in [6, 6.07) is 0. The van der Waals surface area contributed by atoms with Crippen LogP contribution in [0.25, 0.3) is 0 Å². The fourth-order valence-electron chi connectivity index (χ4n) is 11.4. The summed E-state index contributed by atoms with van der Waals surface area (Å²) in [6.45, 7) is 14.2. The van der Waals surface area contributed by atoms with Crippen molar-refractivity contribution in [3.63, 3.8) is 0 Å². The number of rotatable bonds is 4. The minimum Gasteiger partial charge on any atom is -0.396 e. The van der Waals surface area contributed by atoms with Gasteiger partial charge in [0, 0.05) is 13.0 Å². The smallest absolute Gasteiger partial charge is 0.141 e. The molecule has 4 nitrogen and oxygen atoms in total. The van der Waals surface area contributed by atoms with Crippen molar-refractivity contribution < 1.29 is 20.1 Å². The van der Waals surface area contributed by atoms with Crippen LogP contribution in [-0.2, 0) is 4.79 Å². The molecular formula is C30H48O4. The Morgan fingerprint density at radius 1 is 0.853 bits per heavy atom. The molecule has 192 valence electrons. The van der Waals surface area contributed by atoms with Crippen molar-refractivity contribution in [2.45, 2.75) is 91.9 Å². The molecule has 0 aromatic heterocycles. The molecule has 0 radical (unpaired) electrons. The van der Waals surface area contributed by atoms with E-state index in [9.17, 15) is 20.1 Å². The second kappa shape index (κ2) is 7.89. The van der Waals surface area contributed by atoms with Gasteiger partial charge in [-0.15, -0.1) is 0 Å². The van der Waals surface area contributed by atoms with Crippen molar-refractivity contribution >= 4 is 5.78 Å². The molecule has 10 atom stereocenters. The van der Waals surface area contributed by atoms with Gasteiger partial charge in [-0.25, -0.2) is 0 Å². The number of carbonyl (C=O) groups excluding carboxylic acids is 1. The molecule has 1 unspecified atom stereocenters. The molecule has 0 heterocycles. The Labute approximate surface area is 206 Å². The second-order valence-electron chi connectivity index (χ2n) is 14.2. The van der Waals surface area contributed by atoms with Crippen LogP contribution in [0.3, 0.4) is 0 Å². The molecule has 3 N–H and O–H groups in total. The summed E-state index contributed by atoms with van der Waals surface area (Å²) >= 11 is 0. The van der Waals surface area contributed by atoms with Gasteiger partial charge in [0.25, 0.3) is 0 Å². The molecular weight excluding hydrogens is 424 g/mol. The van der Waals surface area contributed by atoms with Gasteiger partial charge in [-0.1, -0.05) is 34.3 Å². The summed E-state index contributed by atoms with van der Waals surface area (Å²) in [6.07, 6.45) is 10.4. The SMILES string of the molecule is C=C(CO)[C@@H]1CC[C@]2(CO)CC[C@]3(C)[C@H](CC[C@@H]4[C@@]5(C)CCC(=O)C(C)(CO)[C@@H]5CC[C@]43C)[C@@H]12. The maximum atomic E-state index is 13.0. The van der Waals surface area contributed by atoms with E-state index in [0.29, 0.717) is 30.1 Å². The fourth-order valence-corrected chi connectivity index (χ4v) is 11.4. The lowest BCUT2D eigenvalue weighted by Crippen LogP contribution is -2.67. The summed E-state index contributed by atoms with van der Waals surface area (Å²) < 4.78 is 0. The van der Waals surface area contributed by atoms with Gasteiger partial charge in [0.15, 0.2) is 0 Å². The summed E-state index contributed by atoms with van der Waals surface area (Å²) in [5.74, 6) is 2.36. The molecule has 34 heavy (non-hydrogen) atoms. The van der Waals surface area contributed by atoms with Crippen LogP contribution in [0.15, 0.2) is 12.2 Å². The van der Waals surface area contributed by atoms with Gasteiger partial charge in [-0.2, -0.15) is 0 Å². The predicted molar refractivity (Wildman–Crippen MR) is 134 cm³/mol. The molecule has 0 bridgehead atoms. The van der Waals surface area contributed by atoms with Gasteiger partial charge in [0.05, 0.1) is 18.6 Å². The number of carbonyl (C=O) groups is 1. The van der Waals surface area contributed by atoms with E-state index in [4.69, 9.17) is 0 Å². The predicted octanol–water partition coefficient (Wildman–Crippen LogP) is 5.15. The van der Waals surface area contributed by atoms with Gasteiger partial charge in [0.2, 0.25) is 0 Å². The van der Waals surface area contributed by atoms with E-state index in [1.807, 2.05) is 6.92 Å². The molecule has 0 amide bonds. The van der Waals surface area contributed by atoms with Crippen LogP contribution in [-0.4, -0.2) is 40.9 Å². The van der Waals surface area contributed by atoms with Gasteiger partial charge in [0.1, 0.15) is 5.78 Å². The van der Waals surface area contributed by atoms with Crippen molar-refractivity contribution in [3.05, 3.63) is 12.2 Å². The van der Waals surface area contributed by atoms with E-state index in [-0.39, 0.29) is 53.2 Å². The highest BCUT2D eigenvalue weighted by Crippen LogP contribution is 2.77. The van der Waals surface area contributed by atoms with E-state index >= 15 is 0 Å². The van der Waals surface area contributed by atoms with E-state index in [2.05, 4.69) is 27.4 Å². The first-order valence-corrected chi connectivity index (χ1v) is 14.0. The molecule has 4 heteroatoms. The van der Waals surface area contributed by atoms with Crippen LogP contribution in [0, 0.1) is 56.7 Å². The Balaban J connectivity index is 1.55. The largest absolute Gasteiger partial charge is 0.396 e. The molecule has 5 aliphatic carbocycles. The Morgan fingerprint density at radius 2 is 1.59 bits per heavy atom. The zero-order chi connectivity index (χ0) is 24.7. The first kappa shape index (κ1) is 25.0. The number of ketones is 1. The molecule has 0 aromatic rings. The third kappa shape index (κ3) is 2.85. The Bertz CT molecular complexity index is 868. The Kier molecular flexibility index (Phi) is 5.79. The minimum absolute atomic E-state index is 0.00995. The first-order valence-electron chi connectivity index (χ1n) is 14.0. The van der Waals surface area contributed by atoms with Gasteiger partial charge in [-0.05, 0) is 115 Å². The Morgan fingerprint density at radius 3 is 2.24 bits per heavy atom. The number of fused-ring (bicyclic) bond motifs is 7. The highest BCUT2D eigenvalue weighted by atomic mass is 16.3. The normalized spacial score (nSPS) is 54.6. The zero-order valence-electron chi connectivity index (χ0n) is 22.0. The van der Waals surface area contributed by atoms with Crippen molar-refractivity contribution in [2.75, 3.05) is 19.8 Å². The Hall–Kier alpha value is -0.710. The lowest BCUT2D eigenvalue weighted by Gasteiger charge is -2.72. The fraction of sp³-hybridized carbons (Fsp3) is 0.900. The number of hydrogen-bond donors (Lipinski definition) is 3. The van der Waals surface area contributed by atoms with Crippen molar-refractivity contribution in [1.82, 2.24) is 0 Å². The summed E-state index contributed by atoms with van der Waals surface area (Å²) in [4.78, 5) is 13.0. The molecule has 0 saturated heterocycles. The molecule has 0 aliphatic heterocycles. The second-order valence-corrected chi connectivity index (χ2v) is 14.2. The molecule has 5 aliphatic rings. The number of aliphatic hydroxyl groups is 3. The molecule has 5 saturated carbocycles. The molecule has 5 fully saturated rings. The average molecular weight is 473 g/mol. The molecule has 0 spiro atoms. The number of hydrogen-bond acceptors (Lipinski definition) is 4. The third-order valence-corrected chi connectivity index (χ3v) is 13.5. The van der Waals surface area contributed by atoms with Crippen molar-refractivity contribution in [1.29, 1.82) is 0 Å². The van der Waals surface area contributed by atoms with E-state index in [1.54, 1.807) is 0 Å². The lowest BCUT2D eigenvalue weighted by atomic mass is 9.32. The van der Waals surface area contributed by atoms with Crippen LogP contribution in [0.1, 0.15) is 91.9 Å². The lowest BCUT2D eigenvalue weighted by molar-refractivity contribution is -0.239. The quantitative estimate of drug-likeness (QED) is 0.495. The van der Waals surface area contributed by atoms with E-state index in [0.717, 1.165) is 50.5 Å². The van der Waals surface area contributed by atoms with Crippen LogP contribution in [0.5, 0.6) is 0 Å². The topological polar surface area (TPSA) is 77.8 Å². The standard InChI is InChI=1S/C30H48O4/c1-19(16-31)20-8-13-30(18-33)15-14-28(4)21(25(20)30)6-7-23-26(2)11-10-24(34)27(3,17-32)22(26)9-12-29(23,28)5/h20-23,25,31-33H,1,6-18H2,2-5H3/t20-,21+,22+,23+,25+,26-,27?,28+,29+,30+/m0/s1. The third-order valence-electron chi connectivity index (χ3n) is 13.5. The zero-order valence-corrected chi connectivity index (χ0v) is 22.0. The molecule has 0 aromatic carbocycles. The van der Waals surface area contributed by atoms with Gasteiger partial charge < -0.3 is 15.3 Å². The first-order chi connectivity index (χ1) is 16.0. The number of aliphatic hydroxyl groups excluding tert-OH is 3. The summed E-state index contributed by atoms with van der Waals surface area (Å²) in [7, 11) is 0. The van der Waals surface area contributed by atoms with Crippen molar-refractivity contribution in [2.24, 2.45) is 56.7 Å². The van der Waals surface area contributed by atoms with Gasteiger partial charge >= 0.3 is 0 Å². The van der Waals surface area contributed by atoms with Crippen LogP contribution in [0.2, 0.25) is 0 Å².